The van der Waals surface area contributed by atoms with E-state index in [2.05, 4.69) is 26.1 Å². The molecule has 17 heavy (non-hydrogen) atoms. The molecule has 0 aromatic rings. The van der Waals surface area contributed by atoms with Crippen molar-refractivity contribution in [2.75, 3.05) is 13.1 Å². The van der Waals surface area contributed by atoms with Gasteiger partial charge in [0.25, 0.3) is 0 Å². The largest absolute Gasteiger partial charge is 0.328 e. The van der Waals surface area contributed by atoms with Gasteiger partial charge in [0.15, 0.2) is 0 Å². The molecule has 1 aliphatic rings. The fraction of sp³-hybridized carbons (Fsp3) is 1.00. The zero-order valence-electron chi connectivity index (χ0n) is 12.1. The maximum Gasteiger partial charge on any atom is 0.00109 e. The highest BCUT2D eigenvalue weighted by molar-refractivity contribution is 4.82. The zero-order valence-corrected chi connectivity index (χ0v) is 12.1. The van der Waals surface area contributed by atoms with E-state index in [0.29, 0.717) is 11.5 Å². The lowest BCUT2D eigenvalue weighted by Crippen LogP contribution is -2.37. The molecule has 1 rings (SSSR count). The molecule has 2 heteroatoms. The van der Waals surface area contributed by atoms with Crippen LogP contribution in [-0.4, -0.2) is 19.1 Å². The summed E-state index contributed by atoms with van der Waals surface area (Å²) in [6, 6.07) is 0.350. The van der Waals surface area contributed by atoms with Gasteiger partial charge in [0.1, 0.15) is 0 Å². The van der Waals surface area contributed by atoms with E-state index in [9.17, 15) is 0 Å². The van der Waals surface area contributed by atoms with Gasteiger partial charge in [-0.1, -0.05) is 33.1 Å². The Labute approximate surface area is 108 Å². The summed E-state index contributed by atoms with van der Waals surface area (Å²) in [5.41, 5.74) is 6.22. The highest BCUT2D eigenvalue weighted by atomic mass is 14.9. The molecular formula is C15H32N2. The van der Waals surface area contributed by atoms with Crippen molar-refractivity contribution in [1.82, 2.24) is 5.32 Å². The Bertz CT molecular complexity index is 193. The first-order valence-corrected chi connectivity index (χ1v) is 7.48. The summed E-state index contributed by atoms with van der Waals surface area (Å²) in [6.07, 6.45) is 9.56. The van der Waals surface area contributed by atoms with Crippen molar-refractivity contribution in [2.24, 2.45) is 17.1 Å². The second-order valence-corrected chi connectivity index (χ2v) is 6.62. The summed E-state index contributed by atoms with van der Waals surface area (Å²) in [5.74, 6) is 0.928. The predicted octanol–water partition coefficient (Wildman–Crippen LogP) is 3.31. The predicted molar refractivity (Wildman–Crippen MR) is 76.1 cm³/mol. The number of nitrogens with two attached hydrogens (primary N) is 1. The molecule has 1 saturated carbocycles. The fourth-order valence-electron chi connectivity index (χ4n) is 2.99. The first kappa shape index (κ1) is 15.0. The summed E-state index contributed by atoms with van der Waals surface area (Å²) < 4.78 is 0. The molecule has 0 bridgehead atoms. The molecule has 0 saturated heterocycles. The van der Waals surface area contributed by atoms with Crippen molar-refractivity contribution in [3.63, 3.8) is 0 Å². The highest BCUT2D eigenvalue weighted by Crippen LogP contribution is 2.37. The van der Waals surface area contributed by atoms with Crippen LogP contribution in [0.15, 0.2) is 0 Å². The third kappa shape index (κ3) is 5.87. The fourth-order valence-corrected chi connectivity index (χ4v) is 2.99. The van der Waals surface area contributed by atoms with Gasteiger partial charge in [0, 0.05) is 12.6 Å². The number of nitrogens with one attached hydrogen (secondary N) is 1. The topological polar surface area (TPSA) is 38.0 Å². The molecule has 0 amide bonds. The Balaban J connectivity index is 2.15. The summed E-state index contributed by atoms with van der Waals surface area (Å²) >= 11 is 0. The lowest BCUT2D eigenvalue weighted by atomic mass is 9.71. The maximum atomic E-state index is 5.75. The van der Waals surface area contributed by atoms with Crippen LogP contribution in [-0.2, 0) is 0 Å². The van der Waals surface area contributed by atoms with Gasteiger partial charge in [-0.2, -0.15) is 0 Å². The minimum atomic E-state index is 0.350. The molecule has 0 aromatic heterocycles. The van der Waals surface area contributed by atoms with Gasteiger partial charge in [0.2, 0.25) is 0 Å². The van der Waals surface area contributed by atoms with Gasteiger partial charge in [-0.3, -0.25) is 0 Å². The Morgan fingerprint density at radius 1 is 1.24 bits per heavy atom. The van der Waals surface area contributed by atoms with Crippen LogP contribution >= 0.6 is 0 Å². The van der Waals surface area contributed by atoms with Crippen molar-refractivity contribution in [3.8, 4) is 0 Å². The molecule has 3 N–H and O–H groups in total. The van der Waals surface area contributed by atoms with E-state index < -0.39 is 0 Å². The molecule has 102 valence electrons. The second kappa shape index (κ2) is 7.38. The van der Waals surface area contributed by atoms with E-state index in [0.717, 1.165) is 25.4 Å². The van der Waals surface area contributed by atoms with E-state index in [1.54, 1.807) is 0 Å². The lowest BCUT2D eigenvalue weighted by molar-refractivity contribution is 0.154. The first-order chi connectivity index (χ1) is 8.02. The molecule has 0 aromatic carbocycles. The lowest BCUT2D eigenvalue weighted by Gasteiger charge is -2.37. The number of hydrogen-bond donors (Lipinski definition) is 2. The summed E-state index contributed by atoms with van der Waals surface area (Å²) in [7, 11) is 0. The monoisotopic (exact) mass is 240 g/mol. The summed E-state index contributed by atoms with van der Waals surface area (Å²) in [6.45, 7) is 9.24. The quantitative estimate of drug-likeness (QED) is 0.670. The van der Waals surface area contributed by atoms with Crippen LogP contribution < -0.4 is 11.1 Å². The molecule has 1 aliphatic carbocycles. The normalized spacial score (nSPS) is 20.5. The molecule has 2 nitrogen and oxygen atoms in total. The van der Waals surface area contributed by atoms with Gasteiger partial charge in [-0.15, -0.1) is 0 Å². The van der Waals surface area contributed by atoms with Crippen LogP contribution in [0.1, 0.15) is 65.7 Å². The Morgan fingerprint density at radius 3 is 2.47 bits per heavy atom. The Kier molecular flexibility index (Phi) is 6.50. The third-order valence-corrected chi connectivity index (χ3v) is 4.30. The average Bonchev–Trinajstić information content (AvgIpc) is 2.29. The van der Waals surface area contributed by atoms with Gasteiger partial charge in [0.05, 0.1) is 0 Å². The van der Waals surface area contributed by atoms with Crippen molar-refractivity contribution in [1.29, 1.82) is 0 Å². The second-order valence-electron chi connectivity index (χ2n) is 6.62. The summed E-state index contributed by atoms with van der Waals surface area (Å²) in [5, 5.41) is 3.62. The molecule has 1 unspecified atom stereocenters. The minimum absolute atomic E-state index is 0.350. The minimum Gasteiger partial charge on any atom is -0.328 e. The van der Waals surface area contributed by atoms with Crippen molar-refractivity contribution in [2.45, 2.75) is 71.8 Å². The zero-order chi connectivity index (χ0) is 12.7. The average molecular weight is 240 g/mol. The summed E-state index contributed by atoms with van der Waals surface area (Å²) in [4.78, 5) is 0. The van der Waals surface area contributed by atoms with Crippen LogP contribution in [0.25, 0.3) is 0 Å². The van der Waals surface area contributed by atoms with Crippen LogP contribution in [0, 0.1) is 11.3 Å². The van der Waals surface area contributed by atoms with Gasteiger partial charge < -0.3 is 11.1 Å². The van der Waals surface area contributed by atoms with Crippen molar-refractivity contribution < 1.29 is 0 Å². The van der Waals surface area contributed by atoms with E-state index in [4.69, 9.17) is 5.73 Å². The number of hydrogen-bond acceptors (Lipinski definition) is 2. The van der Waals surface area contributed by atoms with E-state index >= 15 is 0 Å². The molecule has 1 fully saturated rings. The first-order valence-electron chi connectivity index (χ1n) is 7.48. The molecule has 0 aliphatic heterocycles. The molecule has 0 radical (unpaired) electrons. The van der Waals surface area contributed by atoms with Gasteiger partial charge in [-0.05, 0) is 50.5 Å². The standard InChI is InChI=1S/C15H32N2/c1-13(16)8-7-11-17-12-15(2,3)14-9-5-4-6-10-14/h13-14,17H,4-12,16H2,1-3H3. The molecule has 0 heterocycles. The van der Waals surface area contributed by atoms with Crippen LogP contribution in [0.5, 0.6) is 0 Å². The Hall–Kier alpha value is -0.0800. The Morgan fingerprint density at radius 2 is 1.88 bits per heavy atom. The van der Waals surface area contributed by atoms with Crippen molar-refractivity contribution >= 4 is 0 Å². The van der Waals surface area contributed by atoms with E-state index in [-0.39, 0.29) is 0 Å². The maximum absolute atomic E-state index is 5.75. The number of rotatable bonds is 7. The molecular weight excluding hydrogens is 208 g/mol. The molecule has 0 spiro atoms. The van der Waals surface area contributed by atoms with Gasteiger partial charge >= 0.3 is 0 Å². The van der Waals surface area contributed by atoms with Gasteiger partial charge in [-0.25, -0.2) is 0 Å². The van der Waals surface area contributed by atoms with Crippen molar-refractivity contribution in [3.05, 3.63) is 0 Å². The highest BCUT2D eigenvalue weighted by Gasteiger charge is 2.29. The van der Waals surface area contributed by atoms with E-state index in [1.807, 2.05) is 0 Å². The third-order valence-electron chi connectivity index (χ3n) is 4.30. The SMILES string of the molecule is CC(N)CCCNCC(C)(C)C1CCCCC1. The van der Waals surface area contributed by atoms with Crippen LogP contribution in [0.4, 0.5) is 0 Å². The smallest absolute Gasteiger partial charge is 0.00109 e. The van der Waals surface area contributed by atoms with Crippen LogP contribution in [0.3, 0.4) is 0 Å². The van der Waals surface area contributed by atoms with Crippen LogP contribution in [0.2, 0.25) is 0 Å². The van der Waals surface area contributed by atoms with E-state index in [1.165, 1.54) is 38.5 Å². The molecule has 1 atom stereocenters.